The van der Waals surface area contributed by atoms with Gasteiger partial charge in [-0.05, 0) is 13.8 Å². The zero-order valence-corrected chi connectivity index (χ0v) is 8.82. The molecule has 0 bridgehead atoms. The smallest absolute Gasteiger partial charge is 0.244 e. The van der Waals surface area contributed by atoms with Crippen LogP contribution in [0.15, 0.2) is 6.20 Å². The van der Waals surface area contributed by atoms with Crippen molar-refractivity contribution in [1.29, 1.82) is 0 Å². The highest BCUT2D eigenvalue weighted by molar-refractivity contribution is 5.75. The number of carbonyl (C=O) groups excluding carboxylic acids is 1. The van der Waals surface area contributed by atoms with Gasteiger partial charge in [0, 0.05) is 13.6 Å². The second kappa shape index (κ2) is 4.13. The minimum Gasteiger partial charge on any atom is -0.396 e. The van der Waals surface area contributed by atoms with Gasteiger partial charge in [0.1, 0.15) is 6.54 Å². The van der Waals surface area contributed by atoms with Gasteiger partial charge in [-0.25, -0.2) is 0 Å². The molecule has 0 aliphatic carbocycles. The summed E-state index contributed by atoms with van der Waals surface area (Å²) in [7, 11) is 1.77. The maximum absolute atomic E-state index is 11.5. The summed E-state index contributed by atoms with van der Waals surface area (Å²) in [5, 5.41) is 4.02. The molecule has 0 unspecified atom stereocenters. The summed E-state index contributed by atoms with van der Waals surface area (Å²) in [6.07, 6.45) is 1.56. The van der Waals surface area contributed by atoms with Crippen LogP contribution in [0.2, 0.25) is 0 Å². The molecule has 14 heavy (non-hydrogen) atoms. The van der Waals surface area contributed by atoms with E-state index in [9.17, 15) is 4.79 Å². The molecule has 5 heteroatoms. The van der Waals surface area contributed by atoms with Crippen LogP contribution in [0.3, 0.4) is 0 Å². The van der Waals surface area contributed by atoms with E-state index in [1.165, 1.54) is 0 Å². The number of nitrogens with two attached hydrogens (primary N) is 1. The molecular formula is C9H16N4O. The minimum atomic E-state index is 0.0405. The first-order valence-corrected chi connectivity index (χ1v) is 4.58. The SMILES string of the molecule is CCN(C)C(=O)Cn1ncc(N)c1C. The molecule has 0 spiro atoms. The number of rotatable bonds is 3. The van der Waals surface area contributed by atoms with Gasteiger partial charge in [0.25, 0.3) is 0 Å². The van der Waals surface area contributed by atoms with Crippen molar-refractivity contribution >= 4 is 11.6 Å². The number of nitrogen functional groups attached to an aromatic ring is 1. The summed E-state index contributed by atoms with van der Waals surface area (Å²) in [5.74, 6) is 0.0405. The fraction of sp³-hybridized carbons (Fsp3) is 0.556. The van der Waals surface area contributed by atoms with Gasteiger partial charge in [0.2, 0.25) is 5.91 Å². The molecule has 1 heterocycles. The highest BCUT2D eigenvalue weighted by Crippen LogP contribution is 2.08. The summed E-state index contributed by atoms with van der Waals surface area (Å²) in [6, 6.07) is 0. The average Bonchev–Trinajstić information content (AvgIpc) is 2.48. The van der Waals surface area contributed by atoms with Crippen molar-refractivity contribution in [3.8, 4) is 0 Å². The Balaban J connectivity index is 2.70. The zero-order chi connectivity index (χ0) is 10.7. The number of anilines is 1. The molecule has 0 aliphatic heterocycles. The quantitative estimate of drug-likeness (QED) is 0.753. The van der Waals surface area contributed by atoms with E-state index in [2.05, 4.69) is 5.10 Å². The highest BCUT2D eigenvalue weighted by atomic mass is 16.2. The number of carbonyl (C=O) groups is 1. The van der Waals surface area contributed by atoms with Crippen molar-refractivity contribution in [1.82, 2.24) is 14.7 Å². The molecule has 1 rings (SSSR count). The van der Waals surface area contributed by atoms with E-state index in [0.717, 1.165) is 5.69 Å². The molecule has 5 nitrogen and oxygen atoms in total. The molecule has 0 radical (unpaired) electrons. The normalized spacial score (nSPS) is 10.2. The molecule has 1 aromatic rings. The second-order valence-corrected chi connectivity index (χ2v) is 3.25. The van der Waals surface area contributed by atoms with Crippen LogP contribution >= 0.6 is 0 Å². The third-order valence-electron chi connectivity index (χ3n) is 2.33. The van der Waals surface area contributed by atoms with Crippen LogP contribution < -0.4 is 5.73 Å². The van der Waals surface area contributed by atoms with Crippen molar-refractivity contribution < 1.29 is 4.79 Å². The number of hydrogen-bond acceptors (Lipinski definition) is 3. The standard InChI is InChI=1S/C9H16N4O/c1-4-12(3)9(14)6-13-7(2)8(10)5-11-13/h5H,4,6,10H2,1-3H3. The maximum Gasteiger partial charge on any atom is 0.244 e. The fourth-order valence-electron chi connectivity index (χ4n) is 1.05. The average molecular weight is 196 g/mol. The Morgan fingerprint density at radius 2 is 2.36 bits per heavy atom. The van der Waals surface area contributed by atoms with Crippen LogP contribution in [0.25, 0.3) is 0 Å². The van der Waals surface area contributed by atoms with Gasteiger partial charge in [0.15, 0.2) is 0 Å². The Hall–Kier alpha value is -1.52. The van der Waals surface area contributed by atoms with Crippen LogP contribution in [0.4, 0.5) is 5.69 Å². The first kappa shape index (κ1) is 10.6. The van der Waals surface area contributed by atoms with E-state index in [0.29, 0.717) is 12.2 Å². The van der Waals surface area contributed by atoms with Gasteiger partial charge in [-0.1, -0.05) is 0 Å². The lowest BCUT2D eigenvalue weighted by Gasteiger charge is -2.14. The lowest BCUT2D eigenvalue weighted by Crippen LogP contribution is -2.30. The van der Waals surface area contributed by atoms with Crippen LogP contribution in [-0.2, 0) is 11.3 Å². The number of likely N-dealkylation sites (N-methyl/N-ethyl adjacent to an activating group) is 1. The Labute approximate surface area is 83.5 Å². The molecule has 0 saturated heterocycles. The predicted molar refractivity (Wildman–Crippen MR) is 54.7 cm³/mol. The molecule has 0 aromatic carbocycles. The van der Waals surface area contributed by atoms with E-state index < -0.39 is 0 Å². The summed E-state index contributed by atoms with van der Waals surface area (Å²) < 4.78 is 1.61. The lowest BCUT2D eigenvalue weighted by molar-refractivity contribution is -0.130. The van der Waals surface area contributed by atoms with Gasteiger partial charge in [-0.15, -0.1) is 0 Å². The number of amides is 1. The number of nitrogens with zero attached hydrogens (tertiary/aromatic N) is 3. The zero-order valence-electron chi connectivity index (χ0n) is 8.82. The van der Waals surface area contributed by atoms with Gasteiger partial charge < -0.3 is 10.6 Å². The Kier molecular flexibility index (Phi) is 3.11. The van der Waals surface area contributed by atoms with Crippen molar-refractivity contribution in [2.45, 2.75) is 20.4 Å². The Morgan fingerprint density at radius 1 is 1.71 bits per heavy atom. The van der Waals surface area contributed by atoms with Crippen LogP contribution in [-0.4, -0.2) is 34.2 Å². The van der Waals surface area contributed by atoms with E-state index in [-0.39, 0.29) is 12.5 Å². The van der Waals surface area contributed by atoms with Crippen LogP contribution in [0.1, 0.15) is 12.6 Å². The van der Waals surface area contributed by atoms with Gasteiger partial charge in [-0.3, -0.25) is 9.48 Å². The molecule has 1 amide bonds. The van der Waals surface area contributed by atoms with E-state index in [1.54, 1.807) is 22.8 Å². The molecule has 0 atom stereocenters. The van der Waals surface area contributed by atoms with E-state index >= 15 is 0 Å². The predicted octanol–water partition coefficient (Wildman–Crippen LogP) is 0.252. The van der Waals surface area contributed by atoms with Crippen molar-refractivity contribution in [3.63, 3.8) is 0 Å². The second-order valence-electron chi connectivity index (χ2n) is 3.25. The van der Waals surface area contributed by atoms with Crippen molar-refractivity contribution in [2.75, 3.05) is 19.3 Å². The third-order valence-corrected chi connectivity index (χ3v) is 2.33. The topological polar surface area (TPSA) is 64.2 Å². The van der Waals surface area contributed by atoms with Crippen molar-refractivity contribution in [2.24, 2.45) is 0 Å². The molecule has 0 saturated carbocycles. The number of aromatic nitrogens is 2. The van der Waals surface area contributed by atoms with E-state index in [1.807, 2.05) is 13.8 Å². The van der Waals surface area contributed by atoms with Gasteiger partial charge >= 0.3 is 0 Å². The third kappa shape index (κ3) is 2.04. The van der Waals surface area contributed by atoms with Gasteiger partial charge in [-0.2, -0.15) is 5.10 Å². The molecule has 2 N–H and O–H groups in total. The molecule has 0 fully saturated rings. The fourth-order valence-corrected chi connectivity index (χ4v) is 1.05. The largest absolute Gasteiger partial charge is 0.396 e. The number of hydrogen-bond donors (Lipinski definition) is 1. The maximum atomic E-state index is 11.5. The molecular weight excluding hydrogens is 180 g/mol. The Bertz CT molecular complexity index is 332. The Morgan fingerprint density at radius 3 is 2.79 bits per heavy atom. The summed E-state index contributed by atoms with van der Waals surface area (Å²) in [4.78, 5) is 13.2. The first-order chi connectivity index (χ1) is 6.56. The van der Waals surface area contributed by atoms with Crippen LogP contribution in [0.5, 0.6) is 0 Å². The first-order valence-electron chi connectivity index (χ1n) is 4.58. The summed E-state index contributed by atoms with van der Waals surface area (Å²) in [5.41, 5.74) is 7.07. The lowest BCUT2D eigenvalue weighted by atomic mass is 10.4. The monoisotopic (exact) mass is 196 g/mol. The molecule has 78 valence electrons. The van der Waals surface area contributed by atoms with Crippen LogP contribution in [0, 0.1) is 6.92 Å². The summed E-state index contributed by atoms with van der Waals surface area (Å²) >= 11 is 0. The summed E-state index contributed by atoms with van der Waals surface area (Å²) in [6.45, 7) is 4.74. The van der Waals surface area contributed by atoms with Crippen molar-refractivity contribution in [3.05, 3.63) is 11.9 Å². The van der Waals surface area contributed by atoms with E-state index in [4.69, 9.17) is 5.73 Å². The molecule has 0 aliphatic rings. The highest BCUT2D eigenvalue weighted by Gasteiger charge is 2.10. The minimum absolute atomic E-state index is 0.0405. The van der Waals surface area contributed by atoms with Gasteiger partial charge in [0.05, 0.1) is 17.6 Å². The molecule has 1 aromatic heterocycles.